The van der Waals surface area contributed by atoms with Crippen molar-refractivity contribution in [1.82, 2.24) is 0 Å². The molecule has 0 heterocycles. The third-order valence-electron chi connectivity index (χ3n) is 6.74. The average molecular weight is 391 g/mol. The number of Topliss-reactive ketones (excluding diaryl/α,β-unsaturated/α-hetero) is 1. The molecule has 4 heteroatoms. The second kappa shape index (κ2) is 11.5. The Bertz CT molecular complexity index is 559. The molecule has 0 saturated heterocycles. The van der Waals surface area contributed by atoms with Crippen molar-refractivity contribution in [2.45, 2.75) is 90.1 Å². The van der Waals surface area contributed by atoms with E-state index >= 15 is 0 Å². The molecule has 0 aromatic heterocycles. The zero-order valence-electron chi connectivity index (χ0n) is 17.7. The lowest BCUT2D eigenvalue weighted by molar-refractivity contribution is -0.140. The van der Waals surface area contributed by atoms with E-state index in [9.17, 15) is 14.7 Å². The maximum Gasteiger partial charge on any atom is 0.305 e. The fourth-order valence-corrected chi connectivity index (χ4v) is 4.81. The summed E-state index contributed by atoms with van der Waals surface area (Å²) in [6, 6.07) is 0. The summed E-state index contributed by atoms with van der Waals surface area (Å²) in [5, 5.41) is 10.7. The van der Waals surface area contributed by atoms with Gasteiger partial charge in [-0.15, -0.1) is 0 Å². The van der Waals surface area contributed by atoms with E-state index in [0.29, 0.717) is 31.0 Å². The zero-order chi connectivity index (χ0) is 20.4. The minimum atomic E-state index is -0.247. The van der Waals surface area contributed by atoms with Crippen LogP contribution in [0, 0.1) is 17.3 Å². The van der Waals surface area contributed by atoms with Gasteiger partial charge in [-0.3, -0.25) is 9.59 Å². The maximum atomic E-state index is 12.3. The molecule has 0 aliphatic heterocycles. The molecule has 1 N–H and O–H groups in total. The molecule has 158 valence electrons. The molecule has 2 saturated carbocycles. The van der Waals surface area contributed by atoms with Gasteiger partial charge >= 0.3 is 5.97 Å². The van der Waals surface area contributed by atoms with Crippen molar-refractivity contribution in [3.05, 3.63) is 24.3 Å². The Hall–Kier alpha value is -1.42. The van der Waals surface area contributed by atoms with Crippen LogP contribution in [0.15, 0.2) is 24.3 Å². The number of ether oxygens (including phenoxy) is 1. The molecule has 1 unspecified atom stereocenters. The number of allylic oxidation sites excluding steroid dienone is 3. The highest BCUT2D eigenvalue weighted by molar-refractivity contribution is 5.83. The number of hydrogen-bond acceptors (Lipinski definition) is 4. The second-order valence-electron chi connectivity index (χ2n) is 8.60. The summed E-state index contributed by atoms with van der Waals surface area (Å²) < 4.78 is 4.63. The third-order valence-corrected chi connectivity index (χ3v) is 6.74. The van der Waals surface area contributed by atoms with Crippen LogP contribution in [0.25, 0.3) is 0 Å². The molecular weight excluding hydrogens is 352 g/mol. The highest BCUT2D eigenvalue weighted by atomic mass is 16.5. The normalized spacial score (nSPS) is 25.3. The van der Waals surface area contributed by atoms with Crippen molar-refractivity contribution < 1.29 is 19.4 Å². The average Bonchev–Trinajstić information content (AvgIpc) is 3.00. The predicted molar refractivity (Wildman–Crippen MR) is 112 cm³/mol. The molecule has 2 rings (SSSR count). The fraction of sp³-hybridized carbons (Fsp3) is 0.750. The van der Waals surface area contributed by atoms with Crippen LogP contribution in [0.1, 0.15) is 84.0 Å². The van der Waals surface area contributed by atoms with Gasteiger partial charge < -0.3 is 9.84 Å². The van der Waals surface area contributed by atoms with Crippen molar-refractivity contribution in [2.75, 3.05) is 7.11 Å². The smallest absolute Gasteiger partial charge is 0.305 e. The first-order valence-corrected chi connectivity index (χ1v) is 11.1. The van der Waals surface area contributed by atoms with Crippen LogP contribution in [0.5, 0.6) is 0 Å². The first-order valence-electron chi connectivity index (χ1n) is 11.1. The summed E-state index contributed by atoms with van der Waals surface area (Å²) in [4.78, 5) is 23.3. The van der Waals surface area contributed by atoms with E-state index in [1.54, 1.807) is 0 Å². The Morgan fingerprint density at radius 1 is 1.32 bits per heavy atom. The minimum absolute atomic E-state index is 0.0681. The van der Waals surface area contributed by atoms with Crippen LogP contribution >= 0.6 is 0 Å². The van der Waals surface area contributed by atoms with Crippen LogP contribution in [0.4, 0.5) is 0 Å². The van der Waals surface area contributed by atoms with Crippen molar-refractivity contribution in [3.8, 4) is 0 Å². The quantitative estimate of drug-likeness (QED) is 0.284. The topological polar surface area (TPSA) is 63.6 Å². The zero-order valence-corrected chi connectivity index (χ0v) is 17.7. The molecule has 0 bridgehead atoms. The summed E-state index contributed by atoms with van der Waals surface area (Å²) in [5.74, 6) is 0.548. The molecule has 0 spiro atoms. The number of esters is 1. The van der Waals surface area contributed by atoms with Crippen LogP contribution < -0.4 is 0 Å². The van der Waals surface area contributed by atoms with Gasteiger partial charge in [0.05, 0.1) is 13.2 Å². The van der Waals surface area contributed by atoms with Gasteiger partial charge in [0, 0.05) is 18.8 Å². The summed E-state index contributed by atoms with van der Waals surface area (Å²) in [5.41, 5.74) is 0.150. The van der Waals surface area contributed by atoms with Crippen molar-refractivity contribution >= 4 is 11.8 Å². The fourth-order valence-electron chi connectivity index (χ4n) is 4.81. The highest BCUT2D eigenvalue weighted by Gasteiger charge is 2.41. The van der Waals surface area contributed by atoms with E-state index in [-0.39, 0.29) is 23.4 Å². The molecule has 28 heavy (non-hydrogen) atoms. The second-order valence-corrected chi connectivity index (χ2v) is 8.60. The van der Waals surface area contributed by atoms with E-state index in [4.69, 9.17) is 0 Å². The molecule has 2 aliphatic carbocycles. The number of ketones is 1. The van der Waals surface area contributed by atoms with Gasteiger partial charge in [-0.05, 0) is 62.7 Å². The summed E-state index contributed by atoms with van der Waals surface area (Å²) >= 11 is 0. The van der Waals surface area contributed by atoms with Gasteiger partial charge in [-0.1, -0.05) is 44.1 Å². The molecule has 3 atom stereocenters. The lowest BCUT2D eigenvalue weighted by Gasteiger charge is -2.45. The Morgan fingerprint density at radius 3 is 2.75 bits per heavy atom. The summed E-state index contributed by atoms with van der Waals surface area (Å²) in [6.07, 6.45) is 19.1. The monoisotopic (exact) mass is 390 g/mol. The van der Waals surface area contributed by atoms with Crippen molar-refractivity contribution in [1.29, 1.82) is 0 Å². The lowest BCUT2D eigenvalue weighted by atomic mass is 9.62. The highest BCUT2D eigenvalue weighted by Crippen LogP contribution is 2.48. The molecule has 0 aromatic rings. The van der Waals surface area contributed by atoms with Crippen LogP contribution in [0.2, 0.25) is 0 Å². The van der Waals surface area contributed by atoms with E-state index in [0.717, 1.165) is 51.4 Å². The Labute approximate surface area is 170 Å². The number of hydrogen-bond donors (Lipinski definition) is 1. The number of carbonyl (C=O) groups is 2. The molecule has 0 aromatic carbocycles. The van der Waals surface area contributed by atoms with Crippen LogP contribution in [0.3, 0.4) is 0 Å². The molecular formula is C24H38O4. The Balaban J connectivity index is 1.76. The van der Waals surface area contributed by atoms with E-state index in [1.807, 2.05) is 0 Å². The standard InChI is InChI=1S/C24H38O4/c1-3-16-24(17-9-18-24)22(26)12-8-10-19-14-15-21(25)20(19)11-6-4-5-7-13-23(27)28-2/h4,6,8,10,19-20,22,26H,3,5,7,9,11-18H2,1-2H3/b6-4-,10-8+/t19-,20+,22?/m0/s1. The van der Waals surface area contributed by atoms with Gasteiger partial charge in [-0.25, -0.2) is 0 Å². The number of unbranched alkanes of at least 4 members (excludes halogenated alkanes) is 1. The molecule has 0 amide bonds. The number of carbonyl (C=O) groups excluding carboxylic acids is 2. The van der Waals surface area contributed by atoms with Gasteiger partial charge in [0.1, 0.15) is 5.78 Å². The Kier molecular flexibility index (Phi) is 9.43. The number of rotatable bonds is 12. The number of aliphatic hydroxyl groups excluding tert-OH is 1. The Morgan fingerprint density at radius 2 is 2.11 bits per heavy atom. The van der Waals surface area contributed by atoms with Gasteiger partial charge in [0.15, 0.2) is 0 Å². The van der Waals surface area contributed by atoms with Crippen LogP contribution in [-0.2, 0) is 14.3 Å². The third kappa shape index (κ3) is 6.30. The van der Waals surface area contributed by atoms with Crippen molar-refractivity contribution in [3.63, 3.8) is 0 Å². The number of methoxy groups -OCH3 is 1. The van der Waals surface area contributed by atoms with Gasteiger partial charge in [-0.2, -0.15) is 0 Å². The molecule has 2 fully saturated rings. The van der Waals surface area contributed by atoms with E-state index in [2.05, 4.69) is 36.0 Å². The lowest BCUT2D eigenvalue weighted by Crippen LogP contribution is -2.41. The van der Waals surface area contributed by atoms with Gasteiger partial charge in [0.25, 0.3) is 0 Å². The summed E-state index contributed by atoms with van der Waals surface area (Å²) in [7, 11) is 1.41. The molecule has 2 aliphatic rings. The first-order chi connectivity index (χ1) is 13.5. The van der Waals surface area contributed by atoms with Crippen LogP contribution in [-0.4, -0.2) is 30.1 Å². The first kappa shape index (κ1) is 22.9. The van der Waals surface area contributed by atoms with E-state index < -0.39 is 0 Å². The van der Waals surface area contributed by atoms with Crippen molar-refractivity contribution in [2.24, 2.45) is 17.3 Å². The minimum Gasteiger partial charge on any atom is -0.469 e. The number of aliphatic hydroxyl groups is 1. The summed E-state index contributed by atoms with van der Waals surface area (Å²) in [6.45, 7) is 2.19. The predicted octanol–water partition coefficient (Wildman–Crippen LogP) is 5.15. The largest absolute Gasteiger partial charge is 0.469 e. The maximum absolute atomic E-state index is 12.3. The molecule has 4 nitrogen and oxygen atoms in total. The van der Waals surface area contributed by atoms with E-state index in [1.165, 1.54) is 13.5 Å². The molecule has 0 radical (unpaired) electrons. The van der Waals surface area contributed by atoms with Gasteiger partial charge in [0.2, 0.25) is 0 Å². The SMILES string of the molecule is CCCC1(C(O)C/C=C/[C@H]2CCC(=O)[C@@H]2C/C=C\CCCC(=O)OC)CCC1.